The monoisotopic (exact) mass is 476 g/mol. The first kappa shape index (κ1) is 24.5. The van der Waals surface area contributed by atoms with E-state index in [9.17, 15) is 4.79 Å². The van der Waals surface area contributed by atoms with Gasteiger partial charge in [0.05, 0.1) is 5.69 Å². The van der Waals surface area contributed by atoms with Crippen molar-refractivity contribution in [1.29, 1.82) is 0 Å². The van der Waals surface area contributed by atoms with Crippen LogP contribution in [0.1, 0.15) is 58.9 Å². The summed E-state index contributed by atoms with van der Waals surface area (Å²) in [5.74, 6) is 1.53. The van der Waals surface area contributed by atoms with E-state index in [0.29, 0.717) is 11.3 Å². The van der Waals surface area contributed by atoms with Crippen molar-refractivity contribution >= 4 is 45.7 Å². The van der Waals surface area contributed by atoms with E-state index in [1.165, 1.54) is 12.5 Å². The zero-order valence-electron chi connectivity index (χ0n) is 21.2. The lowest BCUT2D eigenvalue weighted by Crippen LogP contribution is -2.54. The van der Waals surface area contributed by atoms with Crippen LogP contribution >= 0.6 is 11.8 Å². The summed E-state index contributed by atoms with van der Waals surface area (Å²) in [7, 11) is 0. The van der Waals surface area contributed by atoms with Gasteiger partial charge in [-0.05, 0) is 86.6 Å². The fraction of sp³-hybridized carbons (Fsp3) is 0.464. The van der Waals surface area contributed by atoms with Crippen molar-refractivity contribution < 1.29 is 4.79 Å². The molecule has 5 nitrogen and oxygen atoms in total. The second-order valence-corrected chi connectivity index (χ2v) is 11.4. The van der Waals surface area contributed by atoms with Gasteiger partial charge >= 0.3 is 0 Å². The van der Waals surface area contributed by atoms with E-state index in [2.05, 4.69) is 80.6 Å². The number of hydrogen-bond acceptors (Lipinski definition) is 4. The molecular formula is C28H36N4OS. The van der Waals surface area contributed by atoms with Crippen molar-refractivity contribution in [3.05, 3.63) is 54.1 Å². The quantitative estimate of drug-likeness (QED) is 0.510. The Labute approximate surface area is 208 Å². The molecule has 6 heteroatoms. The summed E-state index contributed by atoms with van der Waals surface area (Å²) in [5, 5.41) is 3.85. The Hall–Kier alpha value is -2.60. The maximum atomic E-state index is 11.5. The van der Waals surface area contributed by atoms with Gasteiger partial charge in [-0.3, -0.25) is 4.79 Å². The summed E-state index contributed by atoms with van der Waals surface area (Å²) < 4.78 is 0. The van der Waals surface area contributed by atoms with E-state index in [0.717, 1.165) is 53.7 Å². The van der Waals surface area contributed by atoms with E-state index in [1.54, 1.807) is 11.8 Å². The molecule has 2 aromatic rings. The maximum Gasteiger partial charge on any atom is 0.221 e. The third kappa shape index (κ3) is 4.92. The minimum Gasteiger partial charge on any atom is -0.326 e. The van der Waals surface area contributed by atoms with Gasteiger partial charge < -0.3 is 10.2 Å². The number of hydrogen-bond donors (Lipinski definition) is 1. The van der Waals surface area contributed by atoms with Crippen LogP contribution in [0, 0.1) is 18.3 Å². The predicted octanol–water partition coefficient (Wildman–Crippen LogP) is 7.20. The molecule has 0 aromatic heterocycles. The highest BCUT2D eigenvalue weighted by Crippen LogP contribution is 2.49. The molecule has 4 rings (SSSR count). The van der Waals surface area contributed by atoms with Crippen LogP contribution in [0.25, 0.3) is 0 Å². The van der Waals surface area contributed by atoms with Gasteiger partial charge in [0, 0.05) is 18.3 Å². The molecule has 2 aromatic carbocycles. The fourth-order valence-corrected chi connectivity index (χ4v) is 5.84. The number of amides is 1. The molecule has 1 spiro atoms. The highest BCUT2D eigenvalue weighted by atomic mass is 32.2. The molecule has 34 heavy (non-hydrogen) atoms. The van der Waals surface area contributed by atoms with Crippen LogP contribution in [0.5, 0.6) is 0 Å². The van der Waals surface area contributed by atoms with Crippen molar-refractivity contribution in [1.82, 2.24) is 0 Å². The van der Waals surface area contributed by atoms with Gasteiger partial charge in [-0.25, -0.2) is 9.98 Å². The number of carbonyl (C=O) groups excluding carboxylic acids is 1. The summed E-state index contributed by atoms with van der Waals surface area (Å²) >= 11 is 1.67. The SMILES string of the molecule is CSC1=NC(=Nc2ccc(C)cc2)C2(CCC(C(C)(C)C)CC2)N1c1ccc(NC(C)=O)cc1. The first-order chi connectivity index (χ1) is 16.1. The number of anilines is 2. The smallest absolute Gasteiger partial charge is 0.221 e. The third-order valence-electron chi connectivity index (χ3n) is 7.17. The van der Waals surface area contributed by atoms with Crippen LogP contribution in [-0.4, -0.2) is 28.7 Å². The summed E-state index contributed by atoms with van der Waals surface area (Å²) in [6.45, 7) is 10.7. The maximum absolute atomic E-state index is 11.5. The van der Waals surface area contributed by atoms with Crippen LogP contribution < -0.4 is 10.2 Å². The number of amidine groups is 2. The van der Waals surface area contributed by atoms with Crippen molar-refractivity contribution in [3.63, 3.8) is 0 Å². The number of nitrogens with zero attached hydrogens (tertiary/aromatic N) is 3. The van der Waals surface area contributed by atoms with Crippen LogP contribution in [0.3, 0.4) is 0 Å². The number of aliphatic imine (C=N–C) groups is 2. The van der Waals surface area contributed by atoms with Gasteiger partial charge in [0.2, 0.25) is 5.91 Å². The van der Waals surface area contributed by atoms with Crippen molar-refractivity contribution in [2.45, 2.75) is 65.8 Å². The topological polar surface area (TPSA) is 57.1 Å². The molecular weight excluding hydrogens is 440 g/mol. The Morgan fingerprint density at radius 2 is 1.71 bits per heavy atom. The second kappa shape index (κ2) is 9.57. The molecule has 0 radical (unpaired) electrons. The number of rotatable bonds is 3. The normalized spacial score (nSPS) is 23.9. The molecule has 180 valence electrons. The van der Waals surface area contributed by atoms with Gasteiger partial charge in [-0.15, -0.1) is 0 Å². The van der Waals surface area contributed by atoms with Crippen LogP contribution in [0.4, 0.5) is 17.1 Å². The fourth-order valence-electron chi connectivity index (χ4n) is 5.20. The molecule has 1 heterocycles. The molecule has 0 bridgehead atoms. The highest BCUT2D eigenvalue weighted by Gasteiger charge is 2.51. The average Bonchev–Trinajstić information content (AvgIpc) is 3.07. The number of carbonyl (C=O) groups is 1. The van der Waals surface area contributed by atoms with E-state index in [4.69, 9.17) is 9.98 Å². The van der Waals surface area contributed by atoms with Gasteiger partial charge in [0.25, 0.3) is 0 Å². The third-order valence-corrected chi connectivity index (χ3v) is 7.81. The van der Waals surface area contributed by atoms with E-state index in [-0.39, 0.29) is 11.4 Å². The molecule has 1 aliphatic carbocycles. The Balaban J connectivity index is 1.76. The summed E-state index contributed by atoms with van der Waals surface area (Å²) in [6, 6.07) is 16.5. The Bertz CT molecular complexity index is 1090. The average molecular weight is 477 g/mol. The Morgan fingerprint density at radius 1 is 1.09 bits per heavy atom. The molecule has 1 aliphatic heterocycles. The lowest BCUT2D eigenvalue weighted by Gasteiger charge is -2.47. The van der Waals surface area contributed by atoms with Crippen LogP contribution in [0.2, 0.25) is 0 Å². The Kier molecular flexibility index (Phi) is 6.90. The van der Waals surface area contributed by atoms with Crippen LogP contribution in [-0.2, 0) is 4.79 Å². The zero-order valence-corrected chi connectivity index (χ0v) is 22.0. The number of thioether (sulfide) groups is 1. The van der Waals surface area contributed by atoms with Gasteiger partial charge in [-0.1, -0.05) is 50.2 Å². The van der Waals surface area contributed by atoms with E-state index >= 15 is 0 Å². The number of benzene rings is 2. The summed E-state index contributed by atoms with van der Waals surface area (Å²) in [6.07, 6.45) is 6.41. The highest BCUT2D eigenvalue weighted by molar-refractivity contribution is 8.13. The standard InChI is InChI=1S/C28H36N4OS/c1-19-7-9-23(10-8-19)30-25-28(17-15-21(16-18-28)27(3,4)5)32(26(31-25)34-6)24-13-11-22(12-14-24)29-20(2)33/h7-14,21H,15-18H2,1-6H3,(H,29,33). The molecule has 1 N–H and O–H groups in total. The minimum absolute atomic E-state index is 0.0650. The largest absolute Gasteiger partial charge is 0.326 e. The zero-order chi connectivity index (χ0) is 24.5. The first-order valence-corrected chi connectivity index (χ1v) is 13.3. The van der Waals surface area contributed by atoms with Crippen LogP contribution in [0.15, 0.2) is 58.5 Å². The van der Waals surface area contributed by atoms with Crippen molar-refractivity contribution in [3.8, 4) is 0 Å². The minimum atomic E-state index is -0.263. The van der Waals surface area contributed by atoms with E-state index < -0.39 is 0 Å². The van der Waals surface area contributed by atoms with Crippen molar-refractivity contribution in [2.24, 2.45) is 21.3 Å². The molecule has 2 aliphatic rings. The van der Waals surface area contributed by atoms with Crippen molar-refractivity contribution in [2.75, 3.05) is 16.5 Å². The summed E-state index contributed by atoms with van der Waals surface area (Å²) in [4.78, 5) is 24.1. The van der Waals surface area contributed by atoms with E-state index in [1.807, 2.05) is 12.1 Å². The molecule has 1 amide bonds. The second-order valence-electron chi connectivity index (χ2n) is 10.6. The molecule has 0 atom stereocenters. The summed E-state index contributed by atoms with van der Waals surface area (Å²) in [5.41, 5.74) is 4.10. The molecule has 1 fully saturated rings. The molecule has 0 saturated heterocycles. The lowest BCUT2D eigenvalue weighted by atomic mass is 9.66. The van der Waals surface area contributed by atoms with Gasteiger partial charge in [0.15, 0.2) is 11.0 Å². The van der Waals surface area contributed by atoms with Gasteiger partial charge in [-0.2, -0.15) is 0 Å². The first-order valence-electron chi connectivity index (χ1n) is 12.1. The number of aryl methyl sites for hydroxylation is 1. The lowest BCUT2D eigenvalue weighted by molar-refractivity contribution is -0.114. The molecule has 1 saturated carbocycles. The predicted molar refractivity (Wildman–Crippen MR) is 147 cm³/mol. The molecule has 0 unspecified atom stereocenters. The van der Waals surface area contributed by atoms with Gasteiger partial charge in [0.1, 0.15) is 5.54 Å². The number of nitrogens with one attached hydrogen (secondary N) is 1. The Morgan fingerprint density at radius 3 is 2.24 bits per heavy atom.